The van der Waals surface area contributed by atoms with Crippen molar-refractivity contribution < 1.29 is 4.52 Å². The van der Waals surface area contributed by atoms with Crippen molar-refractivity contribution in [1.82, 2.24) is 10.1 Å². The zero-order valence-corrected chi connectivity index (χ0v) is 6.97. The molecule has 2 aromatic heterocycles. The molecule has 13 heavy (non-hydrogen) atoms. The van der Waals surface area contributed by atoms with Crippen molar-refractivity contribution in [2.45, 2.75) is 6.54 Å². The van der Waals surface area contributed by atoms with Crippen molar-refractivity contribution >= 4 is 0 Å². The second-order valence-electron chi connectivity index (χ2n) is 2.59. The lowest BCUT2D eigenvalue weighted by Gasteiger charge is -1.97. The van der Waals surface area contributed by atoms with Gasteiger partial charge in [0.05, 0.1) is 11.9 Å². The molecule has 0 aromatic carbocycles. The van der Waals surface area contributed by atoms with Gasteiger partial charge in [-0.2, -0.15) is 0 Å². The van der Waals surface area contributed by atoms with Crippen LogP contribution >= 0.6 is 0 Å². The highest BCUT2D eigenvalue weighted by Gasteiger charge is 2.02. The predicted octanol–water partition coefficient (Wildman–Crippen LogP) is 1.20. The molecule has 0 fully saturated rings. The molecule has 0 unspecified atom stereocenters. The van der Waals surface area contributed by atoms with Crippen LogP contribution in [0, 0.1) is 0 Å². The molecule has 2 heterocycles. The first-order valence-electron chi connectivity index (χ1n) is 3.97. The molecular weight excluding hydrogens is 166 g/mol. The summed E-state index contributed by atoms with van der Waals surface area (Å²) in [4.78, 5) is 4.27. The van der Waals surface area contributed by atoms with Crippen LogP contribution in [0.1, 0.15) is 5.69 Å². The third-order valence-corrected chi connectivity index (χ3v) is 1.71. The first-order valence-corrected chi connectivity index (χ1v) is 3.97. The number of hydrogen-bond acceptors (Lipinski definition) is 4. The van der Waals surface area contributed by atoms with E-state index in [0.29, 0.717) is 12.3 Å². The average molecular weight is 175 g/mol. The second-order valence-corrected chi connectivity index (χ2v) is 2.59. The van der Waals surface area contributed by atoms with Gasteiger partial charge in [-0.15, -0.1) is 0 Å². The molecule has 66 valence electrons. The van der Waals surface area contributed by atoms with Gasteiger partial charge in [0.15, 0.2) is 5.76 Å². The monoisotopic (exact) mass is 175 g/mol. The van der Waals surface area contributed by atoms with E-state index in [1.807, 2.05) is 18.2 Å². The predicted molar refractivity (Wildman–Crippen MR) is 47.6 cm³/mol. The lowest BCUT2D eigenvalue weighted by atomic mass is 10.2. The summed E-state index contributed by atoms with van der Waals surface area (Å²) in [6, 6.07) is 7.40. The van der Waals surface area contributed by atoms with Gasteiger partial charge in [-0.1, -0.05) is 11.2 Å². The van der Waals surface area contributed by atoms with Crippen LogP contribution in [0.15, 0.2) is 35.0 Å². The van der Waals surface area contributed by atoms with Crippen LogP contribution in [-0.2, 0) is 6.54 Å². The van der Waals surface area contributed by atoms with E-state index in [1.54, 1.807) is 12.3 Å². The highest BCUT2D eigenvalue weighted by atomic mass is 16.5. The van der Waals surface area contributed by atoms with Gasteiger partial charge in [0.1, 0.15) is 5.69 Å². The fourth-order valence-corrected chi connectivity index (χ4v) is 1.08. The smallest absolute Gasteiger partial charge is 0.185 e. The van der Waals surface area contributed by atoms with E-state index in [4.69, 9.17) is 10.3 Å². The van der Waals surface area contributed by atoms with Gasteiger partial charge in [-0.25, -0.2) is 4.98 Å². The van der Waals surface area contributed by atoms with Crippen LogP contribution in [0.3, 0.4) is 0 Å². The Morgan fingerprint density at radius 2 is 2.23 bits per heavy atom. The van der Waals surface area contributed by atoms with Gasteiger partial charge in [-0.3, -0.25) is 0 Å². The van der Waals surface area contributed by atoms with Crippen LogP contribution in [0.25, 0.3) is 11.5 Å². The standard InChI is InChI=1S/C9H9N3O/c10-6-7-2-1-3-8(12-7)9-4-5-11-13-9/h1-5H,6,10H2. The Morgan fingerprint density at radius 3 is 2.92 bits per heavy atom. The molecule has 0 aliphatic heterocycles. The highest BCUT2D eigenvalue weighted by molar-refractivity contribution is 5.50. The van der Waals surface area contributed by atoms with Crippen LogP contribution < -0.4 is 5.73 Å². The molecule has 0 saturated carbocycles. The van der Waals surface area contributed by atoms with E-state index in [2.05, 4.69) is 10.1 Å². The summed E-state index contributed by atoms with van der Waals surface area (Å²) >= 11 is 0. The molecule has 0 aliphatic carbocycles. The number of hydrogen-bond donors (Lipinski definition) is 1. The van der Waals surface area contributed by atoms with Crippen molar-refractivity contribution in [3.05, 3.63) is 36.2 Å². The topological polar surface area (TPSA) is 64.9 Å². The molecule has 0 bridgehead atoms. The van der Waals surface area contributed by atoms with Crippen molar-refractivity contribution in [1.29, 1.82) is 0 Å². The second kappa shape index (κ2) is 3.37. The Labute approximate surface area is 75.4 Å². The maximum Gasteiger partial charge on any atom is 0.185 e. The number of pyridine rings is 1. The molecular formula is C9H9N3O. The summed E-state index contributed by atoms with van der Waals surface area (Å²) in [7, 11) is 0. The van der Waals surface area contributed by atoms with Gasteiger partial charge in [0.25, 0.3) is 0 Å². The zero-order valence-electron chi connectivity index (χ0n) is 6.97. The van der Waals surface area contributed by atoms with E-state index in [9.17, 15) is 0 Å². The van der Waals surface area contributed by atoms with E-state index in [1.165, 1.54) is 0 Å². The molecule has 4 heteroatoms. The van der Waals surface area contributed by atoms with Gasteiger partial charge >= 0.3 is 0 Å². The SMILES string of the molecule is NCc1cccc(-c2ccno2)n1. The minimum Gasteiger partial charge on any atom is -0.355 e. The van der Waals surface area contributed by atoms with Crippen molar-refractivity contribution in [3.63, 3.8) is 0 Å². The lowest BCUT2D eigenvalue weighted by Crippen LogP contribution is -1.99. The lowest BCUT2D eigenvalue weighted by molar-refractivity contribution is 0.431. The van der Waals surface area contributed by atoms with Gasteiger partial charge in [0, 0.05) is 12.6 Å². The minimum atomic E-state index is 0.433. The maximum atomic E-state index is 5.46. The van der Waals surface area contributed by atoms with Crippen LogP contribution in [0.5, 0.6) is 0 Å². The third kappa shape index (κ3) is 1.57. The Balaban J connectivity index is 2.41. The first-order chi connectivity index (χ1) is 6.40. The molecule has 0 spiro atoms. The Kier molecular flexibility index (Phi) is 2.06. The summed E-state index contributed by atoms with van der Waals surface area (Å²) in [5.41, 5.74) is 7.07. The summed E-state index contributed by atoms with van der Waals surface area (Å²) in [6.45, 7) is 0.433. The number of nitrogens with zero attached hydrogens (tertiary/aromatic N) is 2. The summed E-state index contributed by atoms with van der Waals surface area (Å²) in [5.74, 6) is 0.662. The van der Waals surface area contributed by atoms with E-state index in [0.717, 1.165) is 11.4 Å². The molecule has 0 atom stereocenters. The normalized spacial score (nSPS) is 10.2. The van der Waals surface area contributed by atoms with Crippen molar-refractivity contribution in [2.24, 2.45) is 5.73 Å². The highest BCUT2D eigenvalue weighted by Crippen LogP contribution is 2.15. The molecule has 4 nitrogen and oxygen atoms in total. The minimum absolute atomic E-state index is 0.433. The average Bonchev–Trinajstić information content (AvgIpc) is 2.71. The molecule has 0 aliphatic rings. The van der Waals surface area contributed by atoms with Gasteiger partial charge in [-0.05, 0) is 12.1 Å². The van der Waals surface area contributed by atoms with Gasteiger partial charge in [0.2, 0.25) is 0 Å². The van der Waals surface area contributed by atoms with Crippen molar-refractivity contribution in [3.8, 4) is 11.5 Å². The van der Waals surface area contributed by atoms with Crippen molar-refractivity contribution in [2.75, 3.05) is 0 Å². The molecule has 2 aromatic rings. The van der Waals surface area contributed by atoms with E-state index in [-0.39, 0.29) is 0 Å². The summed E-state index contributed by atoms with van der Waals surface area (Å²) in [5, 5.41) is 3.61. The van der Waals surface area contributed by atoms with Crippen LogP contribution in [0.4, 0.5) is 0 Å². The Bertz CT molecular complexity index is 384. The number of nitrogens with two attached hydrogens (primary N) is 1. The van der Waals surface area contributed by atoms with Crippen LogP contribution in [-0.4, -0.2) is 10.1 Å². The zero-order chi connectivity index (χ0) is 9.10. The fourth-order valence-electron chi connectivity index (χ4n) is 1.08. The molecule has 2 rings (SSSR count). The third-order valence-electron chi connectivity index (χ3n) is 1.71. The molecule has 2 N–H and O–H groups in total. The number of aromatic nitrogens is 2. The van der Waals surface area contributed by atoms with E-state index >= 15 is 0 Å². The van der Waals surface area contributed by atoms with Crippen LogP contribution in [0.2, 0.25) is 0 Å². The van der Waals surface area contributed by atoms with E-state index < -0.39 is 0 Å². The Hall–Kier alpha value is -1.68. The van der Waals surface area contributed by atoms with Gasteiger partial charge < -0.3 is 10.3 Å². The molecule has 0 saturated heterocycles. The first kappa shape index (κ1) is 7.94. The largest absolute Gasteiger partial charge is 0.355 e. The molecule has 0 radical (unpaired) electrons. The fraction of sp³-hybridized carbons (Fsp3) is 0.111. The maximum absolute atomic E-state index is 5.46. The summed E-state index contributed by atoms with van der Waals surface area (Å²) in [6.07, 6.45) is 1.59. The summed E-state index contributed by atoms with van der Waals surface area (Å²) < 4.78 is 4.97. The quantitative estimate of drug-likeness (QED) is 0.744. The number of rotatable bonds is 2. The molecule has 0 amide bonds. The Morgan fingerprint density at radius 1 is 1.31 bits per heavy atom.